The summed E-state index contributed by atoms with van der Waals surface area (Å²) in [7, 11) is 2.51. The van der Waals surface area contributed by atoms with Gasteiger partial charge < -0.3 is 9.47 Å². The Kier molecular flexibility index (Phi) is 6.36. The van der Waals surface area contributed by atoms with Crippen LogP contribution >= 0.6 is 12.1 Å². The molecule has 6 nitrogen and oxygen atoms in total. The topological polar surface area (TPSA) is 59.1 Å². The molecule has 0 atom stereocenters. The average Bonchev–Trinajstić information content (AvgIpc) is 2.46. The van der Waals surface area contributed by atoms with E-state index in [2.05, 4.69) is 5.92 Å². The van der Waals surface area contributed by atoms with Crippen molar-refractivity contribution < 1.29 is 23.5 Å². The van der Waals surface area contributed by atoms with Gasteiger partial charge in [-0.25, -0.2) is 18.2 Å². The summed E-state index contributed by atoms with van der Waals surface area (Å²) in [6.07, 6.45) is 2.61. The van der Waals surface area contributed by atoms with Crippen molar-refractivity contribution in [2.45, 2.75) is 0 Å². The van der Waals surface area contributed by atoms with E-state index in [0.29, 0.717) is 22.2 Å². The molecular formula is C13H13FN2O4S. The Bertz CT molecular complexity index is 561. The average molecular weight is 312 g/mol. The van der Waals surface area contributed by atoms with Crippen molar-refractivity contribution in [2.24, 2.45) is 0 Å². The smallest absolute Gasteiger partial charge is 0.426 e. The van der Waals surface area contributed by atoms with Crippen LogP contribution in [0.2, 0.25) is 0 Å². The van der Waals surface area contributed by atoms with Crippen LogP contribution in [-0.2, 0) is 0 Å². The Morgan fingerprint density at radius 1 is 1.29 bits per heavy atom. The number of amides is 2. The third-order valence-electron chi connectivity index (χ3n) is 2.11. The predicted octanol–water partition coefficient (Wildman–Crippen LogP) is 2.71. The number of nitrogens with zero attached hydrogens (tertiary/aromatic N) is 2. The molecule has 0 spiro atoms. The zero-order valence-corrected chi connectivity index (χ0v) is 12.2. The van der Waals surface area contributed by atoms with Gasteiger partial charge in [-0.3, -0.25) is 0 Å². The van der Waals surface area contributed by atoms with E-state index >= 15 is 0 Å². The Morgan fingerprint density at radius 3 is 2.48 bits per heavy atom. The predicted molar refractivity (Wildman–Crippen MR) is 76.4 cm³/mol. The molecule has 1 rings (SSSR count). The van der Waals surface area contributed by atoms with E-state index in [4.69, 9.17) is 15.9 Å². The lowest BCUT2D eigenvalue weighted by atomic mass is 10.3. The summed E-state index contributed by atoms with van der Waals surface area (Å²) >= 11 is 0.553. The van der Waals surface area contributed by atoms with Gasteiger partial charge in [-0.15, -0.1) is 10.8 Å². The highest BCUT2D eigenvalue weighted by molar-refractivity contribution is 7.95. The number of hydrogen-bond acceptors (Lipinski definition) is 5. The van der Waals surface area contributed by atoms with Crippen molar-refractivity contribution in [1.82, 2.24) is 8.61 Å². The minimum absolute atomic E-state index is 0.0260. The van der Waals surface area contributed by atoms with Crippen molar-refractivity contribution >= 4 is 24.4 Å². The number of terminal acetylenes is 1. The number of halogens is 1. The maximum absolute atomic E-state index is 12.4. The molecule has 0 radical (unpaired) electrons. The van der Waals surface area contributed by atoms with Gasteiger partial charge in [0.2, 0.25) is 0 Å². The molecule has 0 saturated carbocycles. The van der Waals surface area contributed by atoms with Crippen LogP contribution in [0.4, 0.5) is 14.0 Å². The molecule has 0 aromatic heterocycles. The molecule has 0 fully saturated rings. The minimum Gasteiger partial charge on any atom is -0.477 e. The highest BCUT2D eigenvalue weighted by atomic mass is 32.2. The SMILES string of the molecule is C#CCOc1ccccc1OC(=O)N(C)SN(C)C(=O)F. The molecule has 2 amide bonds. The monoisotopic (exact) mass is 312 g/mol. The summed E-state index contributed by atoms with van der Waals surface area (Å²) in [5.74, 6) is 2.76. The molecule has 0 saturated heterocycles. The fraction of sp³-hybridized carbons (Fsp3) is 0.231. The van der Waals surface area contributed by atoms with Crippen molar-refractivity contribution in [3.8, 4) is 23.8 Å². The molecule has 112 valence electrons. The van der Waals surface area contributed by atoms with Gasteiger partial charge in [0, 0.05) is 14.1 Å². The summed E-state index contributed by atoms with van der Waals surface area (Å²) in [6, 6.07) is 6.45. The zero-order chi connectivity index (χ0) is 15.8. The summed E-state index contributed by atoms with van der Waals surface area (Å²) in [5.41, 5.74) is 0. The van der Waals surface area contributed by atoms with E-state index in [1.807, 2.05) is 0 Å². The molecule has 8 heteroatoms. The van der Waals surface area contributed by atoms with E-state index in [9.17, 15) is 14.0 Å². The van der Waals surface area contributed by atoms with Crippen LogP contribution in [0.3, 0.4) is 0 Å². The van der Waals surface area contributed by atoms with Crippen molar-refractivity contribution in [3.05, 3.63) is 24.3 Å². The number of para-hydroxylation sites is 2. The fourth-order valence-electron chi connectivity index (χ4n) is 1.18. The van der Waals surface area contributed by atoms with Gasteiger partial charge in [-0.05, 0) is 12.1 Å². The van der Waals surface area contributed by atoms with E-state index in [1.165, 1.54) is 20.2 Å². The van der Waals surface area contributed by atoms with Crippen LogP contribution in [-0.4, -0.2) is 41.6 Å². The fourth-order valence-corrected chi connectivity index (χ4v) is 1.72. The van der Waals surface area contributed by atoms with E-state index < -0.39 is 12.3 Å². The van der Waals surface area contributed by atoms with Crippen LogP contribution in [0.15, 0.2) is 24.3 Å². The van der Waals surface area contributed by atoms with Crippen LogP contribution < -0.4 is 9.47 Å². The van der Waals surface area contributed by atoms with Gasteiger partial charge in [0.15, 0.2) is 11.5 Å². The molecule has 0 aliphatic carbocycles. The quantitative estimate of drug-likeness (QED) is 0.362. The third-order valence-corrected chi connectivity index (χ3v) is 2.89. The molecule has 0 unspecified atom stereocenters. The van der Waals surface area contributed by atoms with Gasteiger partial charge in [0.1, 0.15) is 6.61 Å². The van der Waals surface area contributed by atoms with Crippen LogP contribution in [0.5, 0.6) is 11.5 Å². The number of hydrogen-bond donors (Lipinski definition) is 0. The number of benzene rings is 1. The standard InChI is InChI=1S/C13H13FN2O4S/c1-4-9-19-10-7-5-6-8-11(10)20-13(18)16(3)21-15(2)12(14)17/h1,5-8H,9H2,2-3H3. The van der Waals surface area contributed by atoms with E-state index in [0.717, 1.165) is 4.31 Å². The second-order valence-electron chi connectivity index (χ2n) is 3.64. The summed E-state index contributed by atoms with van der Waals surface area (Å²) in [5, 5.41) is 0. The largest absolute Gasteiger partial charge is 0.477 e. The number of rotatable bonds is 5. The summed E-state index contributed by atoms with van der Waals surface area (Å²) < 4.78 is 24.3. The Labute approximate surface area is 126 Å². The lowest BCUT2D eigenvalue weighted by Crippen LogP contribution is -2.29. The first-order valence-corrected chi connectivity index (χ1v) is 6.40. The zero-order valence-electron chi connectivity index (χ0n) is 11.4. The number of carbonyl (C=O) groups is 2. The second kappa shape index (κ2) is 8.01. The second-order valence-corrected chi connectivity index (χ2v) is 4.90. The van der Waals surface area contributed by atoms with Crippen molar-refractivity contribution in [2.75, 3.05) is 20.7 Å². The maximum Gasteiger partial charge on any atom is 0.426 e. The molecule has 21 heavy (non-hydrogen) atoms. The van der Waals surface area contributed by atoms with E-state index in [1.54, 1.807) is 18.2 Å². The first-order chi connectivity index (χ1) is 9.95. The molecule has 0 heterocycles. The van der Waals surface area contributed by atoms with Crippen molar-refractivity contribution in [3.63, 3.8) is 0 Å². The highest BCUT2D eigenvalue weighted by Gasteiger charge is 2.19. The van der Waals surface area contributed by atoms with Crippen LogP contribution in [0.1, 0.15) is 0 Å². The summed E-state index contributed by atoms with van der Waals surface area (Å²) in [4.78, 5) is 22.3. The lowest BCUT2D eigenvalue weighted by molar-refractivity contribution is 0.183. The van der Waals surface area contributed by atoms with Crippen LogP contribution in [0.25, 0.3) is 0 Å². The minimum atomic E-state index is -1.68. The maximum atomic E-state index is 12.4. The van der Waals surface area contributed by atoms with Crippen LogP contribution in [0, 0.1) is 12.3 Å². The molecule has 0 bridgehead atoms. The van der Waals surface area contributed by atoms with Gasteiger partial charge in [-0.2, -0.15) is 0 Å². The van der Waals surface area contributed by atoms with Gasteiger partial charge in [0.25, 0.3) is 0 Å². The normalized spacial score (nSPS) is 9.43. The molecule has 0 aliphatic heterocycles. The molecule has 1 aromatic rings. The number of ether oxygens (including phenoxy) is 2. The van der Waals surface area contributed by atoms with Gasteiger partial charge >= 0.3 is 12.3 Å². The Balaban J connectivity index is 2.70. The Hall–Kier alpha value is -2.40. The summed E-state index contributed by atoms with van der Waals surface area (Å²) in [6.45, 7) is 0.0260. The van der Waals surface area contributed by atoms with Crippen molar-refractivity contribution in [1.29, 1.82) is 0 Å². The van der Waals surface area contributed by atoms with Gasteiger partial charge in [-0.1, -0.05) is 18.1 Å². The number of carbonyl (C=O) groups excluding carboxylic acids is 2. The lowest BCUT2D eigenvalue weighted by Gasteiger charge is -2.19. The molecule has 0 aliphatic rings. The first kappa shape index (κ1) is 16.7. The van der Waals surface area contributed by atoms with Gasteiger partial charge in [0.05, 0.1) is 12.1 Å². The third kappa shape index (κ3) is 5.24. The highest BCUT2D eigenvalue weighted by Crippen LogP contribution is 2.27. The Morgan fingerprint density at radius 2 is 1.90 bits per heavy atom. The molecule has 0 N–H and O–H groups in total. The molecule has 1 aromatic carbocycles. The first-order valence-electron chi connectivity index (χ1n) is 5.67. The molecular weight excluding hydrogens is 299 g/mol. The van der Waals surface area contributed by atoms with E-state index in [-0.39, 0.29) is 12.4 Å².